The predicted octanol–water partition coefficient (Wildman–Crippen LogP) is 1.26. The summed E-state index contributed by atoms with van der Waals surface area (Å²) >= 11 is 0. The van der Waals surface area contributed by atoms with Crippen LogP contribution in [0.3, 0.4) is 0 Å². The lowest BCUT2D eigenvalue weighted by atomic mass is 10.2. The molecule has 1 aliphatic carbocycles. The quantitative estimate of drug-likeness (QED) is 0.580. The van der Waals surface area contributed by atoms with Gasteiger partial charge in [-0.3, -0.25) is 0 Å². The van der Waals surface area contributed by atoms with Crippen molar-refractivity contribution in [1.29, 1.82) is 0 Å². The summed E-state index contributed by atoms with van der Waals surface area (Å²) in [6.45, 7) is 10.5. The van der Waals surface area contributed by atoms with E-state index >= 15 is 0 Å². The van der Waals surface area contributed by atoms with Gasteiger partial charge >= 0.3 is 6.09 Å². The third kappa shape index (κ3) is 4.02. The summed E-state index contributed by atoms with van der Waals surface area (Å²) in [4.78, 5) is 20.2. The fourth-order valence-electron chi connectivity index (χ4n) is 2.18. The van der Waals surface area contributed by atoms with Crippen molar-refractivity contribution >= 4 is 12.1 Å². The molecular weight excluding hydrogens is 256 g/mol. The minimum atomic E-state index is -0.448. The highest BCUT2D eigenvalue weighted by Gasteiger charge is 2.33. The van der Waals surface area contributed by atoms with E-state index in [9.17, 15) is 4.79 Å². The maximum Gasteiger partial charge on any atom is 0.410 e. The van der Waals surface area contributed by atoms with Gasteiger partial charge in [-0.05, 0) is 33.1 Å². The van der Waals surface area contributed by atoms with Crippen molar-refractivity contribution in [2.45, 2.75) is 45.8 Å². The highest BCUT2D eigenvalue weighted by atomic mass is 16.6. The summed E-state index contributed by atoms with van der Waals surface area (Å²) in [5, 5.41) is 0. The number of hydrogen-bond acceptors (Lipinski definition) is 3. The van der Waals surface area contributed by atoms with Gasteiger partial charge < -0.3 is 20.3 Å². The van der Waals surface area contributed by atoms with Gasteiger partial charge in [-0.1, -0.05) is 6.92 Å². The van der Waals surface area contributed by atoms with E-state index in [2.05, 4.69) is 11.9 Å². The summed E-state index contributed by atoms with van der Waals surface area (Å²) in [7, 11) is 0. The zero-order valence-corrected chi connectivity index (χ0v) is 12.9. The molecule has 0 spiro atoms. The minimum Gasteiger partial charge on any atom is -0.444 e. The number of nitrogens with two attached hydrogens (primary N) is 1. The fraction of sp³-hybridized carbons (Fsp3) is 0.857. The van der Waals surface area contributed by atoms with Crippen molar-refractivity contribution in [2.24, 2.45) is 16.6 Å². The van der Waals surface area contributed by atoms with Crippen molar-refractivity contribution < 1.29 is 9.53 Å². The Balaban J connectivity index is 1.80. The first-order valence-electron chi connectivity index (χ1n) is 7.32. The molecule has 0 unspecified atom stereocenters. The van der Waals surface area contributed by atoms with Crippen molar-refractivity contribution in [3.63, 3.8) is 0 Å². The van der Waals surface area contributed by atoms with E-state index in [1.54, 1.807) is 4.90 Å². The molecule has 0 aromatic heterocycles. The molecular formula is C14H26N4O2. The molecule has 1 saturated carbocycles. The Bertz CT molecular complexity index is 394. The molecule has 1 saturated heterocycles. The van der Waals surface area contributed by atoms with E-state index < -0.39 is 5.60 Å². The maximum atomic E-state index is 11.9. The summed E-state index contributed by atoms with van der Waals surface area (Å²) < 4.78 is 5.37. The standard InChI is InChI=1S/C14H26N4O2/c1-10-9-11(10)16-12(15)17-5-7-18(8-6-17)13(19)20-14(2,3)4/h10-11H,5-9H2,1-4H3,(H2,15,16)/t10-,11-/m0/s1. The van der Waals surface area contributed by atoms with Gasteiger partial charge in [0, 0.05) is 26.2 Å². The third-order valence-electron chi connectivity index (χ3n) is 3.62. The number of aliphatic imine (C=N–C) groups is 1. The monoisotopic (exact) mass is 282 g/mol. The Kier molecular flexibility index (Phi) is 4.11. The van der Waals surface area contributed by atoms with Crippen LogP contribution in [0, 0.1) is 5.92 Å². The van der Waals surface area contributed by atoms with Crippen LogP contribution in [-0.2, 0) is 4.74 Å². The fourth-order valence-corrected chi connectivity index (χ4v) is 2.18. The molecule has 0 aromatic rings. The van der Waals surface area contributed by atoms with Crippen LogP contribution < -0.4 is 5.73 Å². The first-order valence-corrected chi connectivity index (χ1v) is 7.32. The Morgan fingerprint density at radius 2 is 1.70 bits per heavy atom. The lowest BCUT2D eigenvalue weighted by Gasteiger charge is -2.36. The largest absolute Gasteiger partial charge is 0.444 e. The Morgan fingerprint density at radius 3 is 2.15 bits per heavy atom. The van der Waals surface area contributed by atoms with Crippen molar-refractivity contribution in [3.05, 3.63) is 0 Å². The van der Waals surface area contributed by atoms with Crippen LogP contribution in [0.25, 0.3) is 0 Å². The van der Waals surface area contributed by atoms with E-state index in [0.29, 0.717) is 31.0 Å². The smallest absolute Gasteiger partial charge is 0.410 e. The van der Waals surface area contributed by atoms with Crippen LogP contribution in [0.5, 0.6) is 0 Å². The van der Waals surface area contributed by atoms with Crippen LogP contribution in [0.2, 0.25) is 0 Å². The molecule has 2 atom stereocenters. The highest BCUT2D eigenvalue weighted by Crippen LogP contribution is 2.32. The van der Waals surface area contributed by atoms with Gasteiger partial charge in [0.1, 0.15) is 5.60 Å². The maximum absolute atomic E-state index is 11.9. The number of ether oxygens (including phenoxy) is 1. The summed E-state index contributed by atoms with van der Waals surface area (Å²) in [5.74, 6) is 1.28. The molecule has 114 valence electrons. The molecule has 1 heterocycles. The van der Waals surface area contributed by atoms with E-state index in [1.807, 2.05) is 25.7 Å². The molecule has 0 aromatic carbocycles. The molecule has 20 heavy (non-hydrogen) atoms. The van der Waals surface area contributed by atoms with Gasteiger partial charge in [-0.25, -0.2) is 9.79 Å². The molecule has 2 fully saturated rings. The molecule has 6 nitrogen and oxygen atoms in total. The van der Waals surface area contributed by atoms with Gasteiger partial charge in [-0.2, -0.15) is 0 Å². The number of carbonyl (C=O) groups excluding carboxylic acids is 1. The third-order valence-corrected chi connectivity index (χ3v) is 3.62. The highest BCUT2D eigenvalue weighted by molar-refractivity contribution is 5.79. The second-order valence-electron chi connectivity index (χ2n) is 6.72. The van der Waals surface area contributed by atoms with Crippen LogP contribution in [0.4, 0.5) is 4.79 Å². The SMILES string of the molecule is C[C@H]1C[C@@H]1N=C(N)N1CCN(C(=O)OC(C)(C)C)CC1. The van der Waals surface area contributed by atoms with Crippen LogP contribution >= 0.6 is 0 Å². The molecule has 6 heteroatoms. The normalized spacial score (nSPS) is 27.5. The van der Waals surface area contributed by atoms with Gasteiger partial charge in [0.05, 0.1) is 6.04 Å². The van der Waals surface area contributed by atoms with Crippen LogP contribution in [-0.4, -0.2) is 59.7 Å². The predicted molar refractivity (Wildman–Crippen MR) is 78.6 cm³/mol. The molecule has 1 amide bonds. The van der Waals surface area contributed by atoms with Gasteiger partial charge in [0.25, 0.3) is 0 Å². The van der Waals surface area contributed by atoms with Crippen molar-refractivity contribution in [1.82, 2.24) is 9.80 Å². The summed E-state index contributed by atoms with van der Waals surface area (Å²) in [6.07, 6.45) is 0.891. The summed E-state index contributed by atoms with van der Waals surface area (Å²) in [6, 6.07) is 0.402. The average Bonchev–Trinajstić information content (AvgIpc) is 3.03. The lowest BCUT2D eigenvalue weighted by Crippen LogP contribution is -2.53. The number of amides is 1. The van der Waals surface area contributed by atoms with Gasteiger partial charge in [0.15, 0.2) is 5.96 Å². The van der Waals surface area contributed by atoms with E-state index in [1.165, 1.54) is 0 Å². The van der Waals surface area contributed by atoms with Crippen molar-refractivity contribution in [2.75, 3.05) is 26.2 Å². The van der Waals surface area contributed by atoms with Crippen LogP contribution in [0.15, 0.2) is 4.99 Å². The lowest BCUT2D eigenvalue weighted by molar-refractivity contribution is 0.0186. The van der Waals surface area contributed by atoms with Gasteiger partial charge in [-0.15, -0.1) is 0 Å². The molecule has 0 bridgehead atoms. The summed E-state index contributed by atoms with van der Waals surface area (Å²) in [5.41, 5.74) is 5.57. The van der Waals surface area contributed by atoms with Crippen molar-refractivity contribution in [3.8, 4) is 0 Å². The van der Waals surface area contributed by atoms with E-state index in [-0.39, 0.29) is 6.09 Å². The second-order valence-corrected chi connectivity index (χ2v) is 6.72. The number of carbonyl (C=O) groups is 1. The zero-order valence-electron chi connectivity index (χ0n) is 12.9. The second kappa shape index (κ2) is 5.50. The van der Waals surface area contributed by atoms with E-state index in [4.69, 9.17) is 10.5 Å². The first kappa shape index (κ1) is 14.9. The number of hydrogen-bond donors (Lipinski definition) is 1. The van der Waals surface area contributed by atoms with E-state index in [0.717, 1.165) is 19.5 Å². The Morgan fingerprint density at radius 1 is 1.20 bits per heavy atom. The Hall–Kier alpha value is -1.46. The molecule has 1 aliphatic heterocycles. The number of guanidine groups is 1. The van der Waals surface area contributed by atoms with Crippen LogP contribution in [0.1, 0.15) is 34.1 Å². The topological polar surface area (TPSA) is 71.2 Å². The zero-order chi connectivity index (χ0) is 14.9. The van der Waals surface area contributed by atoms with Gasteiger partial charge in [0.2, 0.25) is 0 Å². The molecule has 2 aliphatic rings. The number of nitrogens with zero attached hydrogens (tertiary/aromatic N) is 3. The molecule has 0 radical (unpaired) electrons. The minimum absolute atomic E-state index is 0.247. The molecule has 2 N–H and O–H groups in total. The number of piperazine rings is 1. The average molecular weight is 282 g/mol. The molecule has 2 rings (SSSR count). The Labute approximate surface area is 121 Å². The first-order chi connectivity index (χ1) is 9.26. The number of rotatable bonds is 1.